The largest absolute Gasteiger partial charge is 0.351 e. The van der Waals surface area contributed by atoms with Gasteiger partial charge in [0.05, 0.1) is 27.5 Å². The van der Waals surface area contributed by atoms with Crippen LogP contribution in [0.4, 0.5) is 11.4 Å². The van der Waals surface area contributed by atoms with Crippen LogP contribution in [0, 0.1) is 10.1 Å². The fourth-order valence-electron chi connectivity index (χ4n) is 1.31. The summed E-state index contributed by atoms with van der Waals surface area (Å²) in [5, 5.41) is 13.3. The number of aromatic amines is 1. The smallest absolute Gasteiger partial charge is 0.287 e. The summed E-state index contributed by atoms with van der Waals surface area (Å²) in [5.41, 5.74) is 0.317. The van der Waals surface area contributed by atoms with Crippen molar-refractivity contribution in [3.05, 3.63) is 50.0 Å². The maximum absolute atomic E-state index is 11.8. The van der Waals surface area contributed by atoms with E-state index in [-0.39, 0.29) is 16.5 Å². The summed E-state index contributed by atoms with van der Waals surface area (Å²) in [6.07, 6.45) is 2.52. The molecule has 0 radical (unpaired) electrons. The molecule has 2 aromatic rings. The summed E-state index contributed by atoms with van der Waals surface area (Å²) < 4.78 is 0.532. The van der Waals surface area contributed by atoms with Gasteiger partial charge in [0.15, 0.2) is 0 Å². The molecule has 0 aliphatic carbocycles. The Morgan fingerprint density at radius 3 is 2.84 bits per heavy atom. The minimum atomic E-state index is -0.590. The molecule has 0 saturated heterocycles. The maximum atomic E-state index is 11.8. The molecule has 2 rings (SSSR count). The van der Waals surface area contributed by atoms with Gasteiger partial charge in [-0.25, -0.2) is 4.98 Å². The van der Waals surface area contributed by atoms with Crippen LogP contribution in [-0.4, -0.2) is 20.8 Å². The molecule has 0 saturated carbocycles. The van der Waals surface area contributed by atoms with Crippen LogP contribution in [0.3, 0.4) is 0 Å². The van der Waals surface area contributed by atoms with Crippen LogP contribution < -0.4 is 5.32 Å². The number of pyridine rings is 1. The highest BCUT2D eigenvalue weighted by atomic mass is 79.9. The molecular weight excluding hydrogens is 339 g/mol. The van der Waals surface area contributed by atoms with Crippen molar-refractivity contribution in [2.75, 3.05) is 5.32 Å². The first kappa shape index (κ1) is 13.5. The van der Waals surface area contributed by atoms with E-state index in [0.717, 1.165) is 12.3 Å². The van der Waals surface area contributed by atoms with Gasteiger partial charge in [0, 0.05) is 6.07 Å². The van der Waals surface area contributed by atoms with Crippen molar-refractivity contribution in [1.29, 1.82) is 0 Å². The number of nitrogens with one attached hydrogen (secondary N) is 2. The zero-order valence-corrected chi connectivity index (χ0v) is 11.5. The second kappa shape index (κ2) is 5.37. The number of rotatable bonds is 3. The Hall–Kier alpha value is -1.93. The van der Waals surface area contributed by atoms with Crippen molar-refractivity contribution in [3.63, 3.8) is 0 Å². The molecule has 1 amide bonds. The second-order valence-corrected chi connectivity index (χ2v) is 4.69. The molecule has 0 aliphatic rings. The highest BCUT2D eigenvalue weighted by Gasteiger charge is 2.14. The van der Waals surface area contributed by atoms with Crippen molar-refractivity contribution < 1.29 is 9.72 Å². The summed E-state index contributed by atoms with van der Waals surface area (Å²) in [6.45, 7) is 0. The molecule has 2 aromatic heterocycles. The van der Waals surface area contributed by atoms with Crippen molar-refractivity contribution in [2.24, 2.45) is 0 Å². The molecule has 0 unspecified atom stereocenters. The van der Waals surface area contributed by atoms with Crippen LogP contribution in [-0.2, 0) is 0 Å². The SMILES string of the molecule is O=C(Nc1cnc(Cl)c(Br)c1)c1cc([N+](=O)[O-])c[nH]1. The Morgan fingerprint density at radius 2 is 2.26 bits per heavy atom. The van der Waals surface area contributed by atoms with Gasteiger partial charge in [-0.15, -0.1) is 0 Å². The monoisotopic (exact) mass is 344 g/mol. The van der Waals surface area contributed by atoms with Crippen LogP contribution >= 0.6 is 27.5 Å². The van der Waals surface area contributed by atoms with Gasteiger partial charge in [-0.2, -0.15) is 0 Å². The summed E-state index contributed by atoms with van der Waals surface area (Å²) >= 11 is 8.89. The maximum Gasteiger partial charge on any atom is 0.287 e. The highest BCUT2D eigenvalue weighted by molar-refractivity contribution is 9.10. The van der Waals surface area contributed by atoms with Crippen LogP contribution in [0.5, 0.6) is 0 Å². The molecule has 0 aliphatic heterocycles. The molecular formula is C10H6BrClN4O3. The lowest BCUT2D eigenvalue weighted by atomic mass is 10.3. The number of nitro groups is 1. The molecule has 9 heteroatoms. The molecule has 0 spiro atoms. The second-order valence-electron chi connectivity index (χ2n) is 3.48. The van der Waals surface area contributed by atoms with Gasteiger partial charge >= 0.3 is 0 Å². The number of aromatic nitrogens is 2. The number of amides is 1. The summed E-state index contributed by atoms with van der Waals surface area (Å²) in [6, 6.07) is 2.72. The Morgan fingerprint density at radius 1 is 1.53 bits per heavy atom. The lowest BCUT2D eigenvalue weighted by Crippen LogP contribution is -2.12. The predicted molar refractivity (Wildman–Crippen MR) is 72.3 cm³/mol. The van der Waals surface area contributed by atoms with Crippen LogP contribution in [0.25, 0.3) is 0 Å². The first-order chi connectivity index (χ1) is 8.97. The minimum Gasteiger partial charge on any atom is -0.351 e. The fraction of sp³-hybridized carbons (Fsp3) is 0. The van der Waals surface area contributed by atoms with Crippen molar-refractivity contribution >= 4 is 44.8 Å². The molecule has 0 bridgehead atoms. The molecule has 7 nitrogen and oxygen atoms in total. The molecule has 19 heavy (non-hydrogen) atoms. The third-order valence-corrected chi connectivity index (χ3v) is 3.31. The predicted octanol–water partition coefficient (Wildman–Crippen LogP) is 2.99. The standard InChI is InChI=1S/C10H6BrClN4O3/c11-7-1-5(3-14-9(7)12)15-10(17)8-2-6(4-13-8)16(18)19/h1-4,13H,(H,15,17). The molecule has 0 aromatic carbocycles. The molecule has 98 valence electrons. The van der Waals surface area contributed by atoms with Crippen molar-refractivity contribution in [1.82, 2.24) is 9.97 Å². The van der Waals surface area contributed by atoms with Crippen molar-refractivity contribution in [2.45, 2.75) is 0 Å². The Bertz CT molecular complexity index is 658. The average Bonchev–Trinajstić information content (AvgIpc) is 2.83. The number of carbonyl (C=O) groups is 1. The fourth-order valence-corrected chi connectivity index (χ4v) is 1.76. The molecule has 2 heterocycles. The van der Waals surface area contributed by atoms with E-state index in [9.17, 15) is 14.9 Å². The Balaban J connectivity index is 2.15. The number of hydrogen-bond acceptors (Lipinski definition) is 4. The topological polar surface area (TPSA) is 101 Å². The third-order valence-electron chi connectivity index (χ3n) is 2.18. The van der Waals surface area contributed by atoms with Crippen LogP contribution in [0.2, 0.25) is 5.15 Å². The number of carbonyl (C=O) groups excluding carboxylic acids is 1. The van der Waals surface area contributed by atoms with Gasteiger partial charge in [-0.3, -0.25) is 14.9 Å². The molecule has 0 fully saturated rings. The Labute approximate surface area is 120 Å². The lowest BCUT2D eigenvalue weighted by Gasteiger charge is -2.04. The van der Waals surface area contributed by atoms with E-state index >= 15 is 0 Å². The van der Waals surface area contributed by atoms with Gasteiger partial charge in [-0.05, 0) is 22.0 Å². The van der Waals surface area contributed by atoms with Gasteiger partial charge < -0.3 is 10.3 Å². The van der Waals surface area contributed by atoms with Gasteiger partial charge in [0.2, 0.25) is 0 Å². The number of hydrogen-bond donors (Lipinski definition) is 2. The zero-order valence-electron chi connectivity index (χ0n) is 9.18. The lowest BCUT2D eigenvalue weighted by molar-refractivity contribution is -0.384. The first-order valence-electron chi connectivity index (χ1n) is 4.92. The number of H-pyrrole nitrogens is 1. The van der Waals surface area contributed by atoms with E-state index in [1.165, 1.54) is 6.20 Å². The zero-order chi connectivity index (χ0) is 14.0. The average molecular weight is 346 g/mol. The van der Waals surface area contributed by atoms with E-state index in [4.69, 9.17) is 11.6 Å². The first-order valence-corrected chi connectivity index (χ1v) is 6.09. The third kappa shape index (κ3) is 3.09. The number of halogens is 2. The van der Waals surface area contributed by atoms with E-state index in [0.29, 0.717) is 10.2 Å². The van der Waals surface area contributed by atoms with Gasteiger partial charge in [0.1, 0.15) is 10.8 Å². The van der Waals surface area contributed by atoms with E-state index < -0.39 is 10.8 Å². The van der Waals surface area contributed by atoms with Crippen LogP contribution in [0.1, 0.15) is 10.5 Å². The molecule has 2 N–H and O–H groups in total. The highest BCUT2D eigenvalue weighted by Crippen LogP contribution is 2.23. The number of nitrogens with zero attached hydrogens (tertiary/aromatic N) is 2. The van der Waals surface area contributed by atoms with Crippen molar-refractivity contribution in [3.8, 4) is 0 Å². The summed E-state index contributed by atoms with van der Waals surface area (Å²) in [4.78, 5) is 28.1. The summed E-state index contributed by atoms with van der Waals surface area (Å²) in [7, 11) is 0. The Kier molecular flexibility index (Phi) is 3.82. The minimum absolute atomic E-state index is 0.0813. The quantitative estimate of drug-likeness (QED) is 0.507. The number of anilines is 1. The molecule has 0 atom stereocenters. The van der Waals surface area contributed by atoms with Crippen LogP contribution in [0.15, 0.2) is 29.0 Å². The van der Waals surface area contributed by atoms with E-state index in [1.54, 1.807) is 6.07 Å². The van der Waals surface area contributed by atoms with E-state index in [1.807, 2.05) is 0 Å². The van der Waals surface area contributed by atoms with E-state index in [2.05, 4.69) is 31.2 Å². The normalized spacial score (nSPS) is 10.2. The van der Waals surface area contributed by atoms with Gasteiger partial charge in [-0.1, -0.05) is 11.6 Å². The van der Waals surface area contributed by atoms with Gasteiger partial charge in [0.25, 0.3) is 11.6 Å². The summed E-state index contributed by atoms with van der Waals surface area (Å²) in [5.74, 6) is -0.510.